The second kappa shape index (κ2) is 9.36. The number of aryl methyl sites for hydroxylation is 1. The maximum atomic E-state index is 12.2. The number of hydrogen-bond acceptors (Lipinski definition) is 6. The molecular formula is C23H26N6O2. The van der Waals surface area contributed by atoms with Crippen molar-refractivity contribution < 1.29 is 9.90 Å². The third kappa shape index (κ3) is 6.10. The first kappa shape index (κ1) is 21.9. The molecule has 0 saturated carbocycles. The van der Waals surface area contributed by atoms with E-state index in [2.05, 4.69) is 25.9 Å². The molecule has 5 N–H and O–H groups in total. The van der Waals surface area contributed by atoms with Crippen molar-refractivity contribution in [1.29, 1.82) is 5.41 Å². The lowest BCUT2D eigenvalue weighted by Crippen LogP contribution is -2.28. The number of carbonyl (C=O) groups excluding carboxylic acids is 1. The zero-order valence-corrected chi connectivity index (χ0v) is 17.7. The number of nitrogens with zero attached hydrogens (tertiary/aromatic N) is 2. The standard InChI is InChI=1S/C23H26N6O2/c1-15-10-19(8-9-25-15)28-20-14-26-21(11-17(20)12-24)29-22(30)27-13-16-4-6-18(7-5-16)23(2,3)31/h4-12,14,24,31H,13H2,1-3H3,(H,25,28)(H2,26,27,29,30). The van der Waals surface area contributed by atoms with Gasteiger partial charge in [-0.05, 0) is 50.1 Å². The molecule has 0 aliphatic carbocycles. The molecule has 8 nitrogen and oxygen atoms in total. The van der Waals surface area contributed by atoms with Crippen molar-refractivity contribution in [2.75, 3.05) is 10.6 Å². The van der Waals surface area contributed by atoms with Gasteiger partial charge in [0.1, 0.15) is 5.82 Å². The summed E-state index contributed by atoms with van der Waals surface area (Å²) >= 11 is 0. The van der Waals surface area contributed by atoms with E-state index in [4.69, 9.17) is 5.41 Å². The van der Waals surface area contributed by atoms with Crippen LogP contribution in [0, 0.1) is 12.3 Å². The highest BCUT2D eigenvalue weighted by molar-refractivity contribution is 5.92. The molecule has 1 aromatic carbocycles. The molecule has 0 aliphatic heterocycles. The second-order valence-corrected chi connectivity index (χ2v) is 7.68. The molecule has 0 unspecified atom stereocenters. The number of rotatable bonds is 7. The average molecular weight is 419 g/mol. The molecule has 2 amide bonds. The largest absolute Gasteiger partial charge is 0.386 e. The van der Waals surface area contributed by atoms with Gasteiger partial charge in [0.2, 0.25) is 0 Å². The Morgan fingerprint density at radius 1 is 1.16 bits per heavy atom. The Balaban J connectivity index is 1.60. The minimum absolute atomic E-state index is 0.330. The Bertz CT molecular complexity index is 1070. The number of anilines is 3. The summed E-state index contributed by atoms with van der Waals surface area (Å²) in [6, 6.07) is 12.3. The first-order chi connectivity index (χ1) is 14.7. The van der Waals surface area contributed by atoms with E-state index in [1.807, 2.05) is 43.3 Å². The average Bonchev–Trinajstić information content (AvgIpc) is 2.73. The Morgan fingerprint density at radius 3 is 2.55 bits per heavy atom. The molecule has 0 spiro atoms. The maximum Gasteiger partial charge on any atom is 0.320 e. The van der Waals surface area contributed by atoms with Crippen molar-refractivity contribution in [2.45, 2.75) is 32.9 Å². The third-order valence-corrected chi connectivity index (χ3v) is 4.62. The van der Waals surface area contributed by atoms with Gasteiger partial charge in [-0.25, -0.2) is 9.78 Å². The molecule has 0 radical (unpaired) electrons. The predicted molar refractivity (Wildman–Crippen MR) is 122 cm³/mol. The summed E-state index contributed by atoms with van der Waals surface area (Å²) in [6.07, 6.45) is 4.47. The molecule has 2 heterocycles. The van der Waals surface area contributed by atoms with Crippen molar-refractivity contribution in [1.82, 2.24) is 15.3 Å². The number of amides is 2. The van der Waals surface area contributed by atoms with Crippen molar-refractivity contribution in [2.24, 2.45) is 0 Å². The van der Waals surface area contributed by atoms with E-state index in [0.29, 0.717) is 23.6 Å². The number of pyridine rings is 2. The van der Waals surface area contributed by atoms with Crippen molar-refractivity contribution in [3.8, 4) is 0 Å². The van der Waals surface area contributed by atoms with E-state index in [9.17, 15) is 9.90 Å². The molecular weight excluding hydrogens is 392 g/mol. The molecule has 3 rings (SSSR count). The van der Waals surface area contributed by atoms with Gasteiger partial charge in [0.15, 0.2) is 0 Å². The number of nitrogens with one attached hydrogen (secondary N) is 4. The van der Waals surface area contributed by atoms with Crippen LogP contribution in [-0.4, -0.2) is 27.3 Å². The Labute approximate surface area is 181 Å². The summed E-state index contributed by atoms with van der Waals surface area (Å²) in [5, 5.41) is 26.3. The molecule has 31 heavy (non-hydrogen) atoms. The van der Waals surface area contributed by atoms with Crippen LogP contribution in [0.2, 0.25) is 0 Å². The molecule has 0 fully saturated rings. The van der Waals surface area contributed by atoms with Crippen LogP contribution in [0.25, 0.3) is 0 Å². The van der Waals surface area contributed by atoms with E-state index < -0.39 is 11.6 Å². The fourth-order valence-corrected chi connectivity index (χ4v) is 2.92. The van der Waals surface area contributed by atoms with Crippen LogP contribution in [0.15, 0.2) is 54.9 Å². The number of carbonyl (C=O) groups is 1. The molecule has 0 saturated heterocycles. The first-order valence-corrected chi connectivity index (χ1v) is 9.81. The van der Waals surface area contributed by atoms with Crippen LogP contribution >= 0.6 is 0 Å². The van der Waals surface area contributed by atoms with Gasteiger partial charge >= 0.3 is 6.03 Å². The summed E-state index contributed by atoms with van der Waals surface area (Å²) in [5.41, 5.74) is 3.76. The normalized spacial score (nSPS) is 11.0. The highest BCUT2D eigenvalue weighted by atomic mass is 16.3. The van der Waals surface area contributed by atoms with Gasteiger partial charge < -0.3 is 21.1 Å². The molecule has 160 valence electrons. The highest BCUT2D eigenvalue weighted by Gasteiger charge is 2.15. The molecule has 3 aromatic rings. The second-order valence-electron chi connectivity index (χ2n) is 7.68. The summed E-state index contributed by atoms with van der Waals surface area (Å²) in [7, 11) is 0. The van der Waals surface area contributed by atoms with E-state index in [0.717, 1.165) is 22.5 Å². The topological polar surface area (TPSA) is 123 Å². The van der Waals surface area contributed by atoms with E-state index in [1.165, 1.54) is 6.21 Å². The van der Waals surface area contributed by atoms with Gasteiger partial charge in [0.05, 0.1) is 17.5 Å². The van der Waals surface area contributed by atoms with Gasteiger partial charge in [-0.2, -0.15) is 0 Å². The number of hydrogen-bond donors (Lipinski definition) is 5. The summed E-state index contributed by atoms with van der Waals surface area (Å²) < 4.78 is 0. The Morgan fingerprint density at radius 2 is 1.90 bits per heavy atom. The van der Waals surface area contributed by atoms with Crippen LogP contribution in [0.1, 0.15) is 36.2 Å². The van der Waals surface area contributed by atoms with Crippen molar-refractivity contribution >= 4 is 29.4 Å². The van der Waals surface area contributed by atoms with Crippen LogP contribution < -0.4 is 16.0 Å². The van der Waals surface area contributed by atoms with Crippen LogP contribution in [-0.2, 0) is 12.1 Å². The number of benzene rings is 1. The fraction of sp³-hybridized carbons (Fsp3) is 0.217. The van der Waals surface area contributed by atoms with Crippen LogP contribution in [0.4, 0.5) is 22.0 Å². The molecule has 0 bridgehead atoms. The fourth-order valence-electron chi connectivity index (χ4n) is 2.92. The SMILES string of the molecule is Cc1cc(Nc2cnc(NC(=O)NCc3ccc(C(C)(C)O)cc3)cc2C=N)ccn1. The van der Waals surface area contributed by atoms with Gasteiger partial charge in [0, 0.05) is 35.9 Å². The van der Waals surface area contributed by atoms with E-state index in [-0.39, 0.29) is 0 Å². The third-order valence-electron chi connectivity index (χ3n) is 4.62. The van der Waals surface area contributed by atoms with E-state index >= 15 is 0 Å². The molecule has 2 aromatic heterocycles. The van der Waals surface area contributed by atoms with E-state index in [1.54, 1.807) is 32.3 Å². The summed E-state index contributed by atoms with van der Waals surface area (Å²) in [6.45, 7) is 5.68. The quantitative estimate of drug-likeness (QED) is 0.370. The van der Waals surface area contributed by atoms with Gasteiger partial charge in [-0.3, -0.25) is 10.3 Å². The molecule has 0 aliphatic rings. The Hall–Kier alpha value is -3.78. The van der Waals surface area contributed by atoms with Gasteiger partial charge in [0.25, 0.3) is 0 Å². The molecule has 8 heteroatoms. The monoisotopic (exact) mass is 418 g/mol. The number of aromatic nitrogens is 2. The molecule has 0 atom stereocenters. The maximum absolute atomic E-state index is 12.2. The van der Waals surface area contributed by atoms with Crippen molar-refractivity contribution in [3.63, 3.8) is 0 Å². The zero-order valence-electron chi connectivity index (χ0n) is 17.7. The number of urea groups is 1. The lowest BCUT2D eigenvalue weighted by Gasteiger charge is -2.18. The minimum atomic E-state index is -0.904. The van der Waals surface area contributed by atoms with Gasteiger partial charge in [-0.15, -0.1) is 0 Å². The van der Waals surface area contributed by atoms with Crippen LogP contribution in [0.5, 0.6) is 0 Å². The highest BCUT2D eigenvalue weighted by Crippen LogP contribution is 2.22. The van der Waals surface area contributed by atoms with Crippen molar-refractivity contribution in [3.05, 3.63) is 77.2 Å². The minimum Gasteiger partial charge on any atom is -0.386 e. The lowest BCUT2D eigenvalue weighted by molar-refractivity contribution is 0.0786. The lowest BCUT2D eigenvalue weighted by atomic mass is 9.97. The first-order valence-electron chi connectivity index (χ1n) is 9.81. The zero-order chi connectivity index (χ0) is 22.4. The van der Waals surface area contributed by atoms with Crippen LogP contribution in [0.3, 0.4) is 0 Å². The van der Waals surface area contributed by atoms with Gasteiger partial charge in [-0.1, -0.05) is 24.3 Å². The smallest absolute Gasteiger partial charge is 0.320 e. The Kier molecular flexibility index (Phi) is 6.61. The summed E-state index contributed by atoms with van der Waals surface area (Å²) in [4.78, 5) is 20.7. The predicted octanol–water partition coefficient (Wildman–Crippen LogP) is 4.08. The number of aliphatic hydroxyl groups is 1. The summed E-state index contributed by atoms with van der Waals surface area (Å²) in [5.74, 6) is 0.338.